The zero-order valence-corrected chi connectivity index (χ0v) is 15.4. The van der Waals surface area contributed by atoms with Crippen LogP contribution in [0.25, 0.3) is 0 Å². The van der Waals surface area contributed by atoms with Gasteiger partial charge in [-0.05, 0) is 30.3 Å². The molecule has 130 valence electrons. The van der Waals surface area contributed by atoms with Gasteiger partial charge in [-0.2, -0.15) is 0 Å². The molecule has 2 amide bonds. The van der Waals surface area contributed by atoms with E-state index in [1.165, 1.54) is 16.7 Å². The van der Waals surface area contributed by atoms with Crippen LogP contribution in [0.15, 0.2) is 52.7 Å². The minimum absolute atomic E-state index is 0.147. The largest absolute Gasteiger partial charge is 0.320 e. The van der Waals surface area contributed by atoms with E-state index in [1.54, 1.807) is 42.5 Å². The maximum absolute atomic E-state index is 12.3. The Morgan fingerprint density at radius 3 is 2.69 bits per heavy atom. The van der Waals surface area contributed by atoms with E-state index >= 15 is 0 Å². The highest BCUT2D eigenvalue weighted by atomic mass is 35.5. The van der Waals surface area contributed by atoms with Crippen LogP contribution in [0.1, 0.15) is 5.56 Å². The summed E-state index contributed by atoms with van der Waals surface area (Å²) >= 11 is 13.4. The lowest BCUT2D eigenvalue weighted by Crippen LogP contribution is -2.29. The van der Waals surface area contributed by atoms with Gasteiger partial charge in [-0.25, -0.2) is 0 Å². The van der Waals surface area contributed by atoms with Crippen LogP contribution in [0, 0.1) is 0 Å². The standard InChI is InChI=1S/C17H10Cl2N4O2S/c18-9-5-6-12-10(7-9)15(16(25)20-12)21-22-17-23(14(24)8-26-17)13-4-2-1-3-11(13)19/h1-7H,8H2,(H,20,21,25). The third-order valence-electron chi connectivity index (χ3n) is 3.79. The van der Waals surface area contributed by atoms with Crippen LogP contribution >= 0.6 is 35.0 Å². The number of hydrogen-bond acceptors (Lipinski definition) is 5. The predicted molar refractivity (Wildman–Crippen MR) is 105 cm³/mol. The third kappa shape index (κ3) is 2.98. The molecule has 1 fully saturated rings. The zero-order valence-electron chi connectivity index (χ0n) is 13.1. The Hall–Kier alpha value is -2.35. The lowest BCUT2D eigenvalue weighted by molar-refractivity contribution is -0.115. The van der Waals surface area contributed by atoms with Crippen molar-refractivity contribution in [1.29, 1.82) is 0 Å². The number of anilines is 2. The number of fused-ring (bicyclic) bond motifs is 1. The highest BCUT2D eigenvalue weighted by Crippen LogP contribution is 2.32. The second kappa shape index (κ2) is 6.75. The van der Waals surface area contributed by atoms with Gasteiger partial charge in [0.1, 0.15) is 0 Å². The number of nitrogens with one attached hydrogen (secondary N) is 1. The maximum atomic E-state index is 12.3. The lowest BCUT2D eigenvalue weighted by Gasteiger charge is -2.16. The number of thioether (sulfide) groups is 1. The number of amidine groups is 1. The smallest absolute Gasteiger partial charge is 0.276 e. The molecule has 4 rings (SSSR count). The summed E-state index contributed by atoms with van der Waals surface area (Å²) < 4.78 is 0. The van der Waals surface area contributed by atoms with E-state index in [2.05, 4.69) is 15.5 Å². The molecule has 9 heteroatoms. The fourth-order valence-electron chi connectivity index (χ4n) is 2.62. The van der Waals surface area contributed by atoms with E-state index in [-0.39, 0.29) is 23.3 Å². The number of carbonyl (C=O) groups excluding carboxylic acids is 2. The molecule has 0 spiro atoms. The van der Waals surface area contributed by atoms with Crippen molar-refractivity contribution >= 4 is 69.0 Å². The Labute approximate surface area is 162 Å². The van der Waals surface area contributed by atoms with E-state index in [4.69, 9.17) is 23.2 Å². The molecule has 26 heavy (non-hydrogen) atoms. The number of halogens is 2. The van der Waals surface area contributed by atoms with Crippen molar-refractivity contribution in [2.45, 2.75) is 0 Å². The zero-order chi connectivity index (χ0) is 18.3. The Morgan fingerprint density at radius 2 is 1.88 bits per heavy atom. The van der Waals surface area contributed by atoms with Crippen molar-refractivity contribution in [2.24, 2.45) is 10.2 Å². The van der Waals surface area contributed by atoms with Gasteiger partial charge < -0.3 is 5.32 Å². The lowest BCUT2D eigenvalue weighted by atomic mass is 10.1. The molecular weight excluding hydrogens is 395 g/mol. The molecule has 2 heterocycles. The Morgan fingerprint density at radius 1 is 1.08 bits per heavy atom. The summed E-state index contributed by atoms with van der Waals surface area (Å²) in [5.74, 6) is -0.296. The summed E-state index contributed by atoms with van der Waals surface area (Å²) in [4.78, 5) is 25.8. The first-order valence-corrected chi connectivity index (χ1v) is 9.26. The fraction of sp³-hybridized carbons (Fsp3) is 0.0588. The van der Waals surface area contributed by atoms with Crippen molar-refractivity contribution < 1.29 is 9.59 Å². The molecule has 0 aromatic heterocycles. The molecule has 0 saturated carbocycles. The molecule has 0 atom stereocenters. The van der Waals surface area contributed by atoms with Gasteiger partial charge in [0.15, 0.2) is 10.9 Å². The first kappa shape index (κ1) is 17.1. The summed E-state index contributed by atoms with van der Waals surface area (Å²) in [6.45, 7) is 0. The summed E-state index contributed by atoms with van der Waals surface area (Å²) in [6, 6.07) is 12.0. The van der Waals surface area contributed by atoms with Crippen molar-refractivity contribution in [3.63, 3.8) is 0 Å². The monoisotopic (exact) mass is 404 g/mol. The van der Waals surface area contributed by atoms with Gasteiger partial charge in [0.25, 0.3) is 5.91 Å². The first-order chi connectivity index (χ1) is 12.5. The molecule has 2 aliphatic heterocycles. The SMILES string of the molecule is O=C1Nc2ccc(Cl)cc2C1=NN=C1SCC(=O)N1c1ccccc1Cl. The van der Waals surface area contributed by atoms with Gasteiger partial charge in [-0.1, -0.05) is 47.1 Å². The number of rotatable bonds is 2. The van der Waals surface area contributed by atoms with Crippen molar-refractivity contribution in [3.05, 3.63) is 58.1 Å². The summed E-state index contributed by atoms with van der Waals surface area (Å²) in [6.07, 6.45) is 0. The van der Waals surface area contributed by atoms with Crippen LogP contribution in [0.5, 0.6) is 0 Å². The van der Waals surface area contributed by atoms with Gasteiger partial charge >= 0.3 is 0 Å². The van der Waals surface area contributed by atoms with Crippen molar-refractivity contribution in [2.75, 3.05) is 16.0 Å². The molecule has 1 saturated heterocycles. The van der Waals surface area contributed by atoms with Crippen LogP contribution in [-0.2, 0) is 9.59 Å². The summed E-state index contributed by atoms with van der Waals surface area (Å²) in [5, 5.41) is 12.2. The normalized spacial score (nSPS) is 19.4. The van der Waals surface area contributed by atoms with Gasteiger partial charge in [-0.15, -0.1) is 10.2 Å². The minimum Gasteiger partial charge on any atom is -0.320 e. The summed E-state index contributed by atoms with van der Waals surface area (Å²) in [7, 11) is 0. The second-order valence-corrected chi connectivity index (χ2v) is 7.23. The maximum Gasteiger partial charge on any atom is 0.276 e. The Balaban J connectivity index is 1.74. The molecule has 0 aliphatic carbocycles. The Bertz CT molecular complexity index is 1010. The topological polar surface area (TPSA) is 74.1 Å². The number of hydrogen-bond donors (Lipinski definition) is 1. The van der Waals surface area contributed by atoms with Crippen molar-refractivity contribution in [1.82, 2.24) is 0 Å². The number of nitrogens with zero attached hydrogens (tertiary/aromatic N) is 3. The molecule has 0 bridgehead atoms. The quantitative estimate of drug-likeness (QED) is 0.773. The fourth-order valence-corrected chi connectivity index (χ4v) is 3.83. The number of para-hydroxylation sites is 1. The highest BCUT2D eigenvalue weighted by molar-refractivity contribution is 8.15. The third-order valence-corrected chi connectivity index (χ3v) is 5.26. The van der Waals surface area contributed by atoms with E-state index in [0.717, 1.165) is 0 Å². The predicted octanol–water partition coefficient (Wildman–Crippen LogP) is 3.79. The van der Waals surface area contributed by atoms with Crippen LogP contribution in [-0.4, -0.2) is 28.4 Å². The number of amides is 2. The van der Waals surface area contributed by atoms with Gasteiger partial charge in [0, 0.05) is 10.6 Å². The van der Waals surface area contributed by atoms with E-state index in [1.807, 2.05) is 0 Å². The first-order valence-electron chi connectivity index (χ1n) is 7.52. The molecular formula is C17H10Cl2N4O2S. The van der Waals surface area contributed by atoms with Crippen LogP contribution < -0.4 is 10.2 Å². The number of carbonyl (C=O) groups is 2. The molecule has 2 aliphatic rings. The van der Waals surface area contributed by atoms with Crippen LogP contribution in [0.4, 0.5) is 11.4 Å². The molecule has 2 aromatic carbocycles. The van der Waals surface area contributed by atoms with E-state index < -0.39 is 0 Å². The molecule has 2 aromatic rings. The average Bonchev–Trinajstić information content (AvgIpc) is 3.13. The van der Waals surface area contributed by atoms with E-state index in [9.17, 15) is 9.59 Å². The molecule has 6 nitrogen and oxygen atoms in total. The van der Waals surface area contributed by atoms with E-state index in [0.29, 0.717) is 32.2 Å². The highest BCUT2D eigenvalue weighted by Gasteiger charge is 2.32. The van der Waals surface area contributed by atoms with Gasteiger partial charge in [-0.3, -0.25) is 14.5 Å². The molecule has 0 unspecified atom stereocenters. The van der Waals surface area contributed by atoms with Gasteiger partial charge in [0.2, 0.25) is 5.91 Å². The second-order valence-electron chi connectivity index (χ2n) is 5.44. The minimum atomic E-state index is -0.370. The Kier molecular flexibility index (Phi) is 4.44. The van der Waals surface area contributed by atoms with Crippen LogP contribution in [0.2, 0.25) is 10.0 Å². The molecule has 0 radical (unpaired) electrons. The summed E-state index contributed by atoms with van der Waals surface area (Å²) in [5.41, 5.74) is 1.87. The van der Waals surface area contributed by atoms with Crippen LogP contribution in [0.3, 0.4) is 0 Å². The molecule has 1 N–H and O–H groups in total. The average molecular weight is 405 g/mol. The number of benzene rings is 2. The van der Waals surface area contributed by atoms with Gasteiger partial charge in [0.05, 0.1) is 22.2 Å². The van der Waals surface area contributed by atoms with Crippen molar-refractivity contribution in [3.8, 4) is 0 Å².